The summed E-state index contributed by atoms with van der Waals surface area (Å²) < 4.78 is 1.88. The zero-order chi connectivity index (χ0) is 12.5. The van der Waals surface area contributed by atoms with Gasteiger partial charge in [0.25, 0.3) is 0 Å². The summed E-state index contributed by atoms with van der Waals surface area (Å²) in [7, 11) is 0. The minimum atomic E-state index is 0.102. The first kappa shape index (κ1) is 10.7. The predicted molar refractivity (Wildman–Crippen MR) is 68.8 cm³/mol. The number of rotatable bonds is 2. The number of fused-ring (bicyclic) bond motifs is 1. The van der Waals surface area contributed by atoms with Crippen LogP contribution in [0.15, 0.2) is 36.7 Å². The van der Waals surface area contributed by atoms with Crippen molar-refractivity contribution in [2.45, 2.75) is 13.0 Å². The lowest BCUT2D eigenvalue weighted by Gasteiger charge is -2.13. The fourth-order valence-electron chi connectivity index (χ4n) is 1.97. The van der Waals surface area contributed by atoms with E-state index in [2.05, 4.69) is 40.3 Å². The monoisotopic (exact) mass is 238 g/mol. The molecule has 0 saturated carbocycles. The average Bonchev–Trinajstić information content (AvgIpc) is 2.84. The molecule has 0 fully saturated rings. The molecule has 0 spiro atoms. The molecule has 0 bridgehead atoms. The van der Waals surface area contributed by atoms with Crippen molar-refractivity contribution >= 4 is 17.0 Å². The lowest BCUT2D eigenvalue weighted by Crippen LogP contribution is -2.06. The van der Waals surface area contributed by atoms with E-state index in [0.717, 1.165) is 0 Å². The summed E-state index contributed by atoms with van der Waals surface area (Å²) in [4.78, 5) is 12.3. The summed E-state index contributed by atoms with van der Waals surface area (Å²) in [6, 6.07) is 10.2. The van der Waals surface area contributed by atoms with Gasteiger partial charge in [-0.3, -0.25) is 4.57 Å². The Morgan fingerprint density at radius 2 is 2.00 bits per heavy atom. The summed E-state index contributed by atoms with van der Waals surface area (Å²) in [5.41, 5.74) is 8.24. The van der Waals surface area contributed by atoms with E-state index in [1.54, 1.807) is 0 Å². The van der Waals surface area contributed by atoms with E-state index in [1.165, 1.54) is 11.9 Å². The zero-order valence-electron chi connectivity index (χ0n) is 9.91. The van der Waals surface area contributed by atoms with Gasteiger partial charge < -0.3 is 5.73 Å². The lowest BCUT2D eigenvalue weighted by molar-refractivity contribution is 0.647. The average molecular weight is 238 g/mol. The van der Waals surface area contributed by atoms with Gasteiger partial charge >= 0.3 is 0 Å². The summed E-state index contributed by atoms with van der Waals surface area (Å²) in [6.07, 6.45) is 4.38. The highest BCUT2D eigenvalue weighted by Crippen LogP contribution is 2.22. The minimum absolute atomic E-state index is 0.102. The molecule has 2 aromatic heterocycles. The van der Waals surface area contributed by atoms with E-state index in [1.807, 2.05) is 22.8 Å². The van der Waals surface area contributed by atoms with E-state index in [-0.39, 0.29) is 6.04 Å². The quantitative estimate of drug-likeness (QED) is 0.739. The Labute approximate surface area is 104 Å². The second-order valence-corrected chi connectivity index (χ2v) is 4.10. The van der Waals surface area contributed by atoms with Gasteiger partial charge in [0.2, 0.25) is 0 Å². The molecule has 1 unspecified atom stereocenters. The van der Waals surface area contributed by atoms with Gasteiger partial charge in [-0.05, 0) is 12.5 Å². The topological polar surface area (TPSA) is 69.6 Å². The molecule has 3 rings (SSSR count). The van der Waals surface area contributed by atoms with E-state index in [4.69, 9.17) is 5.73 Å². The van der Waals surface area contributed by atoms with Crippen molar-refractivity contribution in [3.63, 3.8) is 0 Å². The highest BCUT2D eigenvalue weighted by molar-refractivity contribution is 5.81. The van der Waals surface area contributed by atoms with E-state index in [9.17, 15) is 0 Å². The Kier molecular flexibility index (Phi) is 2.44. The molecule has 0 aliphatic heterocycles. The molecule has 1 atom stereocenters. The van der Waals surface area contributed by atoms with Crippen molar-refractivity contribution in [3.8, 4) is 0 Å². The smallest absolute Gasteiger partial charge is 0.179 e. The summed E-state index contributed by atoms with van der Waals surface area (Å²) in [6.45, 7) is 2.07. The van der Waals surface area contributed by atoms with Crippen LogP contribution in [0.5, 0.6) is 0 Å². The van der Waals surface area contributed by atoms with Gasteiger partial charge in [0.15, 0.2) is 23.3 Å². The first-order chi connectivity index (χ1) is 8.77. The highest BCUT2D eigenvalue weighted by Gasteiger charge is 2.14. The third kappa shape index (κ3) is 1.60. The van der Waals surface area contributed by atoms with Crippen molar-refractivity contribution in [2.75, 3.05) is 5.73 Å². The van der Waals surface area contributed by atoms with Crippen LogP contribution in [-0.2, 0) is 0 Å². The maximum absolute atomic E-state index is 5.76. The predicted octanol–water partition coefficient (Wildman–Crippen LogP) is 1.82. The maximum atomic E-state index is 5.76. The van der Waals surface area contributed by atoms with Gasteiger partial charge in [-0.1, -0.05) is 30.3 Å². The Balaban J connectivity index is 2.13. The van der Waals surface area contributed by atoms with Crippen LogP contribution < -0.4 is 5.73 Å². The zero-order valence-corrected chi connectivity index (χ0v) is 9.91. The fraction of sp³-hybridized carbons (Fsp3) is 0.154. The van der Waals surface area contributed by atoms with Crippen molar-refractivity contribution in [2.24, 2.45) is 0 Å². The molecule has 0 aliphatic rings. The summed E-state index contributed by atoms with van der Waals surface area (Å²) in [5, 5.41) is 0. The van der Waals surface area contributed by atoms with Gasteiger partial charge in [-0.2, -0.15) is 0 Å². The Bertz CT molecular complexity index is 674. The van der Waals surface area contributed by atoms with Crippen LogP contribution in [0, 0.1) is 6.33 Å². The summed E-state index contributed by atoms with van der Waals surface area (Å²) in [5.74, 6) is 0.385. The molecule has 0 aliphatic carbocycles. The molecule has 0 saturated heterocycles. The van der Waals surface area contributed by atoms with Crippen LogP contribution in [0.3, 0.4) is 0 Å². The van der Waals surface area contributed by atoms with Crippen LogP contribution in [-0.4, -0.2) is 19.5 Å². The number of hydrogen-bond donors (Lipinski definition) is 1. The first-order valence-corrected chi connectivity index (χ1v) is 5.68. The molecule has 0 amide bonds. The molecule has 5 nitrogen and oxygen atoms in total. The molecule has 1 aromatic carbocycles. The normalized spacial score (nSPS) is 12.7. The third-order valence-corrected chi connectivity index (χ3v) is 3.00. The van der Waals surface area contributed by atoms with E-state index < -0.39 is 0 Å². The van der Waals surface area contributed by atoms with Crippen LogP contribution in [0.2, 0.25) is 0 Å². The number of nitrogens with zero attached hydrogens (tertiary/aromatic N) is 4. The third-order valence-electron chi connectivity index (χ3n) is 3.00. The lowest BCUT2D eigenvalue weighted by atomic mass is 10.1. The van der Waals surface area contributed by atoms with Crippen LogP contribution in [0.1, 0.15) is 18.5 Å². The number of benzene rings is 1. The number of nitrogens with two attached hydrogens (primary N) is 1. The van der Waals surface area contributed by atoms with Gasteiger partial charge in [-0.15, -0.1) is 0 Å². The molecule has 3 aromatic rings. The van der Waals surface area contributed by atoms with E-state index in [0.29, 0.717) is 17.0 Å². The number of aromatic nitrogens is 4. The Hall–Kier alpha value is -2.43. The molecule has 89 valence electrons. The number of anilines is 1. The van der Waals surface area contributed by atoms with Crippen LogP contribution in [0.4, 0.5) is 5.82 Å². The van der Waals surface area contributed by atoms with Crippen molar-refractivity contribution < 1.29 is 0 Å². The largest absolute Gasteiger partial charge is 0.382 e. The molecule has 2 heterocycles. The highest BCUT2D eigenvalue weighted by atomic mass is 15.1. The molecule has 1 radical (unpaired) electrons. The van der Waals surface area contributed by atoms with Crippen molar-refractivity contribution in [3.05, 3.63) is 48.5 Å². The SMILES string of the molecule is CC(c1ccccc1)n1[c]nc2c(N)ncnc21. The Morgan fingerprint density at radius 1 is 1.22 bits per heavy atom. The number of hydrogen-bond acceptors (Lipinski definition) is 4. The molecular weight excluding hydrogens is 226 g/mol. The Morgan fingerprint density at radius 3 is 2.78 bits per heavy atom. The van der Waals surface area contributed by atoms with Gasteiger partial charge in [-0.25, -0.2) is 15.0 Å². The van der Waals surface area contributed by atoms with Crippen LogP contribution in [0.25, 0.3) is 11.2 Å². The van der Waals surface area contributed by atoms with E-state index >= 15 is 0 Å². The minimum Gasteiger partial charge on any atom is -0.382 e. The van der Waals surface area contributed by atoms with Crippen molar-refractivity contribution in [1.29, 1.82) is 0 Å². The summed E-state index contributed by atoms with van der Waals surface area (Å²) >= 11 is 0. The standard InChI is InChI=1S/C13H12N5/c1-9(10-5-3-2-4-6-10)18-8-17-11-12(14)15-7-16-13(11)18/h2-7,9H,1H3,(H2,14,15,16). The van der Waals surface area contributed by atoms with Gasteiger partial charge in [0, 0.05) is 0 Å². The maximum Gasteiger partial charge on any atom is 0.179 e. The van der Waals surface area contributed by atoms with Crippen molar-refractivity contribution in [1.82, 2.24) is 19.5 Å². The fourth-order valence-corrected chi connectivity index (χ4v) is 1.97. The number of imidazole rings is 1. The molecule has 18 heavy (non-hydrogen) atoms. The molecular formula is C13H12N5. The second-order valence-electron chi connectivity index (χ2n) is 4.10. The van der Waals surface area contributed by atoms with Crippen LogP contribution >= 0.6 is 0 Å². The van der Waals surface area contributed by atoms with Gasteiger partial charge in [0.1, 0.15) is 6.33 Å². The molecule has 2 N–H and O–H groups in total. The number of nitrogen functional groups attached to an aromatic ring is 1. The first-order valence-electron chi connectivity index (χ1n) is 5.68. The van der Waals surface area contributed by atoms with Gasteiger partial charge in [0.05, 0.1) is 6.04 Å². The second kappa shape index (κ2) is 4.10. The molecule has 5 heteroatoms.